The third kappa shape index (κ3) is 2.47. The van der Waals surface area contributed by atoms with Gasteiger partial charge in [0.05, 0.1) is 0 Å². The molecular weight excluding hydrogens is 208 g/mol. The van der Waals surface area contributed by atoms with Crippen molar-refractivity contribution in [2.75, 3.05) is 5.73 Å². The number of aromatic nitrogens is 1. The molecule has 0 amide bonds. The van der Waals surface area contributed by atoms with Crippen molar-refractivity contribution in [1.29, 1.82) is 0 Å². The molecule has 88 valence electrons. The minimum absolute atomic E-state index is 0.565. The summed E-state index contributed by atoms with van der Waals surface area (Å²) in [7, 11) is 0. The van der Waals surface area contributed by atoms with Crippen molar-refractivity contribution in [2.24, 2.45) is 0 Å². The summed E-state index contributed by atoms with van der Waals surface area (Å²) in [6.07, 6.45) is 1.83. The lowest BCUT2D eigenvalue weighted by Gasteiger charge is -2.08. The van der Waals surface area contributed by atoms with Gasteiger partial charge in [0, 0.05) is 11.8 Å². The molecule has 2 heteroatoms. The molecule has 2 N–H and O–H groups in total. The number of aryl methyl sites for hydroxylation is 1. The molecule has 0 unspecified atom stereocenters. The zero-order valence-corrected chi connectivity index (χ0v) is 10.6. The van der Waals surface area contributed by atoms with Crippen LogP contribution < -0.4 is 5.73 Å². The van der Waals surface area contributed by atoms with Crippen molar-refractivity contribution in [3.05, 3.63) is 47.7 Å². The Morgan fingerprint density at radius 3 is 2.24 bits per heavy atom. The van der Waals surface area contributed by atoms with Crippen LogP contribution in [0.3, 0.4) is 0 Å². The Morgan fingerprint density at radius 1 is 1.06 bits per heavy atom. The largest absolute Gasteiger partial charge is 0.383 e. The lowest BCUT2D eigenvalue weighted by Crippen LogP contribution is -1.94. The van der Waals surface area contributed by atoms with Crippen LogP contribution >= 0.6 is 0 Å². The molecule has 0 saturated carbocycles. The first kappa shape index (κ1) is 11.6. The SMILES string of the molecule is Cc1cc(-c2ccc(C(C)C)cc2)cnc1N. The maximum Gasteiger partial charge on any atom is 0.126 e. The Hall–Kier alpha value is -1.83. The van der Waals surface area contributed by atoms with Crippen LogP contribution in [0.25, 0.3) is 11.1 Å². The van der Waals surface area contributed by atoms with Gasteiger partial charge in [0.15, 0.2) is 0 Å². The maximum absolute atomic E-state index is 5.72. The lowest BCUT2D eigenvalue weighted by molar-refractivity contribution is 0.867. The molecule has 0 saturated heterocycles. The van der Waals surface area contributed by atoms with Crippen molar-refractivity contribution in [3.8, 4) is 11.1 Å². The van der Waals surface area contributed by atoms with Crippen LogP contribution in [0.4, 0.5) is 5.82 Å². The number of hydrogen-bond acceptors (Lipinski definition) is 2. The first-order valence-corrected chi connectivity index (χ1v) is 5.90. The molecule has 1 aromatic carbocycles. The third-order valence-electron chi connectivity index (χ3n) is 3.03. The van der Waals surface area contributed by atoms with E-state index >= 15 is 0 Å². The number of nitrogen functional groups attached to an aromatic ring is 1. The number of anilines is 1. The monoisotopic (exact) mass is 226 g/mol. The van der Waals surface area contributed by atoms with Crippen LogP contribution in [0.15, 0.2) is 36.5 Å². The van der Waals surface area contributed by atoms with Crippen LogP contribution in [-0.4, -0.2) is 4.98 Å². The van der Waals surface area contributed by atoms with Gasteiger partial charge in [0.25, 0.3) is 0 Å². The summed E-state index contributed by atoms with van der Waals surface area (Å²) in [5.41, 5.74) is 10.4. The molecule has 0 fully saturated rings. The minimum atomic E-state index is 0.565. The topological polar surface area (TPSA) is 38.9 Å². The van der Waals surface area contributed by atoms with Gasteiger partial charge < -0.3 is 5.73 Å². The maximum atomic E-state index is 5.72. The van der Waals surface area contributed by atoms with Crippen molar-refractivity contribution in [1.82, 2.24) is 4.98 Å². The Morgan fingerprint density at radius 2 is 1.71 bits per heavy atom. The normalized spacial score (nSPS) is 10.8. The summed E-state index contributed by atoms with van der Waals surface area (Å²) < 4.78 is 0. The standard InChI is InChI=1S/C15H18N2/c1-10(2)12-4-6-13(7-5-12)14-8-11(3)15(16)17-9-14/h4-10H,1-3H3,(H2,16,17). The molecule has 0 aliphatic rings. The fourth-order valence-corrected chi connectivity index (χ4v) is 1.80. The molecule has 17 heavy (non-hydrogen) atoms. The number of pyridine rings is 1. The Bertz CT molecular complexity index is 513. The molecule has 1 aromatic heterocycles. The molecule has 2 aromatic rings. The van der Waals surface area contributed by atoms with Crippen molar-refractivity contribution in [3.63, 3.8) is 0 Å². The predicted octanol–water partition coefficient (Wildman–Crippen LogP) is 3.76. The third-order valence-corrected chi connectivity index (χ3v) is 3.03. The van der Waals surface area contributed by atoms with Gasteiger partial charge in [-0.2, -0.15) is 0 Å². The number of benzene rings is 1. The fraction of sp³-hybridized carbons (Fsp3) is 0.267. The average molecular weight is 226 g/mol. The Kier molecular flexibility index (Phi) is 3.14. The van der Waals surface area contributed by atoms with E-state index in [0.717, 1.165) is 11.1 Å². The van der Waals surface area contributed by atoms with Crippen molar-refractivity contribution in [2.45, 2.75) is 26.7 Å². The highest BCUT2D eigenvalue weighted by molar-refractivity contribution is 5.65. The number of rotatable bonds is 2. The molecule has 0 spiro atoms. The molecule has 0 atom stereocenters. The highest BCUT2D eigenvalue weighted by atomic mass is 14.8. The van der Waals surface area contributed by atoms with Crippen molar-refractivity contribution < 1.29 is 0 Å². The van der Waals surface area contributed by atoms with Gasteiger partial charge in [-0.3, -0.25) is 0 Å². The number of nitrogens with zero attached hydrogens (tertiary/aromatic N) is 1. The van der Waals surface area contributed by atoms with E-state index < -0.39 is 0 Å². The number of hydrogen-bond donors (Lipinski definition) is 1. The van der Waals surface area contributed by atoms with Gasteiger partial charge in [-0.25, -0.2) is 4.98 Å². The zero-order chi connectivity index (χ0) is 12.4. The highest BCUT2D eigenvalue weighted by Gasteiger charge is 2.03. The van der Waals surface area contributed by atoms with Gasteiger partial charge in [-0.15, -0.1) is 0 Å². The second-order valence-electron chi connectivity index (χ2n) is 4.70. The molecule has 2 nitrogen and oxygen atoms in total. The summed E-state index contributed by atoms with van der Waals surface area (Å²) in [4.78, 5) is 4.19. The molecule has 0 aliphatic heterocycles. The van der Waals surface area contributed by atoms with E-state index in [1.807, 2.05) is 13.1 Å². The minimum Gasteiger partial charge on any atom is -0.383 e. The Labute approximate surface area is 103 Å². The summed E-state index contributed by atoms with van der Waals surface area (Å²) >= 11 is 0. The van der Waals surface area contributed by atoms with Crippen LogP contribution in [0.5, 0.6) is 0 Å². The van der Waals surface area contributed by atoms with E-state index in [2.05, 4.69) is 49.2 Å². The van der Waals surface area contributed by atoms with E-state index in [1.54, 1.807) is 0 Å². The van der Waals surface area contributed by atoms with Crippen LogP contribution in [-0.2, 0) is 0 Å². The van der Waals surface area contributed by atoms with Crippen molar-refractivity contribution >= 4 is 5.82 Å². The van der Waals surface area contributed by atoms with Gasteiger partial charge in [-0.1, -0.05) is 38.1 Å². The lowest BCUT2D eigenvalue weighted by atomic mass is 9.99. The van der Waals surface area contributed by atoms with E-state index in [-0.39, 0.29) is 0 Å². The summed E-state index contributed by atoms with van der Waals surface area (Å²) in [5.74, 6) is 1.17. The van der Waals surface area contributed by atoms with E-state index in [1.165, 1.54) is 11.1 Å². The van der Waals surface area contributed by atoms with E-state index in [0.29, 0.717) is 11.7 Å². The molecule has 0 bridgehead atoms. The quantitative estimate of drug-likeness (QED) is 0.846. The van der Waals surface area contributed by atoms with E-state index in [9.17, 15) is 0 Å². The zero-order valence-electron chi connectivity index (χ0n) is 10.6. The predicted molar refractivity (Wildman–Crippen MR) is 72.9 cm³/mol. The Balaban J connectivity index is 2.36. The van der Waals surface area contributed by atoms with E-state index in [4.69, 9.17) is 5.73 Å². The molecule has 1 heterocycles. The van der Waals surface area contributed by atoms with Gasteiger partial charge in [0.2, 0.25) is 0 Å². The average Bonchev–Trinajstić information content (AvgIpc) is 2.33. The van der Waals surface area contributed by atoms with Gasteiger partial charge in [0.1, 0.15) is 5.82 Å². The van der Waals surface area contributed by atoms with Crippen LogP contribution in [0.2, 0.25) is 0 Å². The summed E-state index contributed by atoms with van der Waals surface area (Å²) in [5, 5.41) is 0. The first-order valence-electron chi connectivity index (χ1n) is 5.90. The van der Waals surface area contributed by atoms with Crippen LogP contribution in [0, 0.1) is 6.92 Å². The highest BCUT2D eigenvalue weighted by Crippen LogP contribution is 2.23. The molecular formula is C15H18N2. The molecule has 2 rings (SSSR count). The van der Waals surface area contributed by atoms with Crippen LogP contribution in [0.1, 0.15) is 30.9 Å². The second-order valence-corrected chi connectivity index (χ2v) is 4.70. The fourth-order valence-electron chi connectivity index (χ4n) is 1.80. The summed E-state index contributed by atoms with van der Waals surface area (Å²) in [6.45, 7) is 6.38. The second kappa shape index (κ2) is 4.58. The molecule has 0 radical (unpaired) electrons. The first-order chi connectivity index (χ1) is 8.08. The molecule has 0 aliphatic carbocycles. The van der Waals surface area contributed by atoms with Gasteiger partial charge in [-0.05, 0) is 35.6 Å². The summed E-state index contributed by atoms with van der Waals surface area (Å²) in [6, 6.07) is 10.7. The van der Waals surface area contributed by atoms with Gasteiger partial charge >= 0.3 is 0 Å². The number of nitrogens with two attached hydrogens (primary N) is 1. The smallest absolute Gasteiger partial charge is 0.126 e.